The summed E-state index contributed by atoms with van der Waals surface area (Å²) in [6, 6.07) is 3.94. The molecule has 0 aromatic heterocycles. The second-order valence-electron chi connectivity index (χ2n) is 5.78. The number of nitrogens with zero attached hydrogens (tertiary/aromatic N) is 1. The first-order valence-corrected chi connectivity index (χ1v) is 8.07. The predicted octanol–water partition coefficient (Wildman–Crippen LogP) is 1.92. The van der Waals surface area contributed by atoms with E-state index in [0.717, 1.165) is 6.07 Å². The standard InChI is InChI=1S/C14H20FNO3S/c1-10-4-5-12(8-13(10)15)20(18,19)16-7-6-14(3,17)11(2)9-16/h4-5,8,11,17H,6-7,9H2,1-3H3/t11-,14+/m1/s1. The van der Waals surface area contributed by atoms with Crippen LogP contribution in [0, 0.1) is 18.7 Å². The van der Waals surface area contributed by atoms with Gasteiger partial charge < -0.3 is 5.11 Å². The highest BCUT2D eigenvalue weighted by Crippen LogP contribution is 2.30. The molecule has 1 aromatic rings. The number of hydrogen-bond donors (Lipinski definition) is 1. The summed E-state index contributed by atoms with van der Waals surface area (Å²) >= 11 is 0. The first-order valence-electron chi connectivity index (χ1n) is 6.63. The molecule has 0 unspecified atom stereocenters. The first-order chi connectivity index (χ1) is 9.14. The molecule has 0 spiro atoms. The molecule has 20 heavy (non-hydrogen) atoms. The van der Waals surface area contributed by atoms with E-state index in [2.05, 4.69) is 0 Å². The maximum atomic E-state index is 13.6. The Kier molecular flexibility index (Phi) is 3.92. The summed E-state index contributed by atoms with van der Waals surface area (Å²) in [6.07, 6.45) is 0.377. The Morgan fingerprint density at radius 3 is 2.65 bits per heavy atom. The molecule has 0 bridgehead atoms. The quantitative estimate of drug-likeness (QED) is 0.908. The minimum atomic E-state index is -3.70. The van der Waals surface area contributed by atoms with Crippen LogP contribution in [0.15, 0.2) is 23.1 Å². The van der Waals surface area contributed by atoms with Crippen LogP contribution < -0.4 is 0 Å². The van der Waals surface area contributed by atoms with Crippen molar-refractivity contribution < 1.29 is 17.9 Å². The number of hydrogen-bond acceptors (Lipinski definition) is 3. The molecule has 0 saturated carbocycles. The number of rotatable bonds is 2. The van der Waals surface area contributed by atoms with Crippen molar-refractivity contribution in [2.45, 2.75) is 37.7 Å². The van der Waals surface area contributed by atoms with Gasteiger partial charge in [-0.15, -0.1) is 0 Å². The van der Waals surface area contributed by atoms with Crippen molar-refractivity contribution in [2.75, 3.05) is 13.1 Å². The van der Waals surface area contributed by atoms with Crippen molar-refractivity contribution in [3.05, 3.63) is 29.6 Å². The molecule has 0 aliphatic carbocycles. The molecule has 4 nitrogen and oxygen atoms in total. The summed E-state index contributed by atoms with van der Waals surface area (Å²) in [6.45, 7) is 5.61. The molecule has 1 aliphatic rings. The summed E-state index contributed by atoms with van der Waals surface area (Å²) in [5.41, 5.74) is -0.441. The molecular weight excluding hydrogens is 281 g/mol. The molecule has 1 aliphatic heterocycles. The van der Waals surface area contributed by atoms with E-state index >= 15 is 0 Å². The van der Waals surface area contributed by atoms with Crippen LogP contribution in [-0.4, -0.2) is 36.5 Å². The van der Waals surface area contributed by atoms with Crippen LogP contribution in [0.4, 0.5) is 4.39 Å². The number of sulfonamides is 1. The van der Waals surface area contributed by atoms with Crippen molar-refractivity contribution in [2.24, 2.45) is 5.92 Å². The largest absolute Gasteiger partial charge is 0.390 e. The van der Waals surface area contributed by atoms with Crippen LogP contribution in [0.5, 0.6) is 0 Å². The molecule has 0 amide bonds. The van der Waals surface area contributed by atoms with Gasteiger partial charge in [0.1, 0.15) is 5.82 Å². The van der Waals surface area contributed by atoms with Gasteiger partial charge in [0.2, 0.25) is 10.0 Å². The van der Waals surface area contributed by atoms with Gasteiger partial charge >= 0.3 is 0 Å². The Balaban J connectivity index is 2.29. The normalized spacial score (nSPS) is 28.6. The highest BCUT2D eigenvalue weighted by Gasteiger charge is 2.39. The average molecular weight is 301 g/mol. The zero-order valence-corrected chi connectivity index (χ0v) is 12.7. The fraction of sp³-hybridized carbons (Fsp3) is 0.571. The maximum absolute atomic E-state index is 13.6. The average Bonchev–Trinajstić information content (AvgIpc) is 2.35. The third kappa shape index (κ3) is 2.73. The van der Waals surface area contributed by atoms with Crippen LogP contribution in [-0.2, 0) is 10.0 Å². The maximum Gasteiger partial charge on any atom is 0.243 e. The van der Waals surface area contributed by atoms with E-state index in [9.17, 15) is 17.9 Å². The van der Waals surface area contributed by atoms with E-state index in [0.29, 0.717) is 12.0 Å². The van der Waals surface area contributed by atoms with Crippen molar-refractivity contribution in [1.82, 2.24) is 4.31 Å². The van der Waals surface area contributed by atoms with Crippen LogP contribution in [0.3, 0.4) is 0 Å². The lowest BCUT2D eigenvalue weighted by molar-refractivity contribution is -0.0333. The van der Waals surface area contributed by atoms with E-state index in [1.54, 1.807) is 13.8 Å². The zero-order chi connectivity index (χ0) is 15.1. The lowest BCUT2D eigenvalue weighted by Gasteiger charge is -2.40. The van der Waals surface area contributed by atoms with Crippen molar-refractivity contribution in [1.29, 1.82) is 0 Å². The first kappa shape index (κ1) is 15.4. The summed E-state index contributed by atoms with van der Waals surface area (Å²) < 4.78 is 39.8. The molecule has 1 saturated heterocycles. The molecule has 2 rings (SSSR count). The van der Waals surface area contributed by atoms with E-state index < -0.39 is 21.4 Å². The third-order valence-electron chi connectivity index (χ3n) is 4.19. The predicted molar refractivity (Wildman–Crippen MR) is 74.3 cm³/mol. The van der Waals surface area contributed by atoms with Crippen LogP contribution in [0.1, 0.15) is 25.8 Å². The van der Waals surface area contributed by atoms with Gasteiger partial charge in [0.15, 0.2) is 0 Å². The minimum absolute atomic E-state index is 0.0330. The molecular formula is C14H20FNO3S. The highest BCUT2D eigenvalue weighted by molar-refractivity contribution is 7.89. The van der Waals surface area contributed by atoms with E-state index in [1.807, 2.05) is 6.92 Å². The van der Waals surface area contributed by atoms with Crippen molar-refractivity contribution in [3.8, 4) is 0 Å². The molecule has 2 atom stereocenters. The Bertz CT molecular complexity index is 613. The zero-order valence-electron chi connectivity index (χ0n) is 11.9. The number of benzene rings is 1. The van der Waals surface area contributed by atoms with E-state index in [4.69, 9.17) is 0 Å². The van der Waals surface area contributed by atoms with Crippen LogP contribution >= 0.6 is 0 Å². The van der Waals surface area contributed by atoms with Crippen molar-refractivity contribution >= 4 is 10.0 Å². The fourth-order valence-corrected chi connectivity index (χ4v) is 3.83. The topological polar surface area (TPSA) is 57.6 Å². The Hall–Kier alpha value is -0.980. The highest BCUT2D eigenvalue weighted by atomic mass is 32.2. The monoisotopic (exact) mass is 301 g/mol. The van der Waals surface area contributed by atoms with E-state index in [1.165, 1.54) is 16.4 Å². The number of piperidine rings is 1. The Morgan fingerprint density at radius 1 is 1.45 bits per heavy atom. The summed E-state index contributed by atoms with van der Waals surface area (Å²) in [4.78, 5) is -0.0330. The number of halogens is 1. The van der Waals surface area contributed by atoms with Gasteiger partial charge in [-0.1, -0.05) is 13.0 Å². The van der Waals surface area contributed by atoms with Gasteiger partial charge in [-0.3, -0.25) is 0 Å². The Morgan fingerprint density at radius 2 is 2.10 bits per heavy atom. The molecule has 1 fully saturated rings. The van der Waals surface area contributed by atoms with Crippen LogP contribution in [0.2, 0.25) is 0 Å². The third-order valence-corrected chi connectivity index (χ3v) is 6.05. The molecule has 0 radical (unpaired) electrons. The second-order valence-corrected chi connectivity index (χ2v) is 7.72. The summed E-state index contributed by atoms with van der Waals surface area (Å²) in [5, 5.41) is 10.1. The molecule has 1 N–H and O–H groups in total. The minimum Gasteiger partial charge on any atom is -0.390 e. The number of aryl methyl sites for hydroxylation is 1. The second kappa shape index (κ2) is 5.09. The SMILES string of the molecule is Cc1ccc(S(=O)(=O)N2CC[C@](C)(O)[C@H](C)C2)cc1F. The van der Waals surface area contributed by atoms with Gasteiger partial charge in [-0.05, 0) is 43.9 Å². The van der Waals surface area contributed by atoms with Gasteiger partial charge in [0.25, 0.3) is 0 Å². The van der Waals surface area contributed by atoms with Gasteiger partial charge in [-0.2, -0.15) is 4.31 Å². The smallest absolute Gasteiger partial charge is 0.243 e. The summed E-state index contributed by atoms with van der Waals surface area (Å²) in [7, 11) is -3.70. The van der Waals surface area contributed by atoms with Gasteiger partial charge in [-0.25, -0.2) is 12.8 Å². The lowest BCUT2D eigenvalue weighted by atomic mass is 9.85. The molecule has 1 heterocycles. The van der Waals surface area contributed by atoms with Gasteiger partial charge in [0, 0.05) is 13.1 Å². The Labute approximate surface area is 119 Å². The van der Waals surface area contributed by atoms with E-state index in [-0.39, 0.29) is 23.9 Å². The van der Waals surface area contributed by atoms with Crippen LogP contribution in [0.25, 0.3) is 0 Å². The summed E-state index contributed by atoms with van der Waals surface area (Å²) in [5.74, 6) is -0.690. The van der Waals surface area contributed by atoms with Crippen molar-refractivity contribution in [3.63, 3.8) is 0 Å². The lowest BCUT2D eigenvalue weighted by Crippen LogP contribution is -2.50. The number of aliphatic hydroxyl groups is 1. The molecule has 112 valence electrons. The molecule has 1 aromatic carbocycles. The van der Waals surface area contributed by atoms with Gasteiger partial charge in [0.05, 0.1) is 10.5 Å². The molecule has 6 heteroatoms. The fourth-order valence-electron chi connectivity index (χ4n) is 2.29.